The van der Waals surface area contributed by atoms with Gasteiger partial charge in [-0.2, -0.15) is 0 Å². The van der Waals surface area contributed by atoms with Gasteiger partial charge in [0, 0.05) is 24.7 Å². The summed E-state index contributed by atoms with van der Waals surface area (Å²) in [5.41, 5.74) is 9.35. The molecule has 0 aromatic heterocycles. The molecule has 0 heterocycles. The van der Waals surface area contributed by atoms with Crippen LogP contribution in [0.25, 0.3) is 0 Å². The second-order valence-corrected chi connectivity index (χ2v) is 14.0. The standard InChI is InChI=1S/C21H25NO4.C13H19NO2.C8H7ClO2/c1-21(2,3)26-19(23)13-17-11-7-8-12-18(17)14-22-20(24)25-15-16-9-5-4-6-10-16;1-13(2,3)16-12(15)8-10-6-4-5-7-11(10)9-14;9-8(10)11-6-7-4-2-1-3-5-7/h4-12H,13-15H2,1-3H3,(H,22,24);4-7H,8-9,14H2,1-3H3;1-5H,6H2. The monoisotopic (exact) mass is 746 g/mol. The van der Waals surface area contributed by atoms with Crippen molar-refractivity contribution < 1.29 is 38.1 Å². The second-order valence-electron chi connectivity index (χ2n) is 13.7. The van der Waals surface area contributed by atoms with Crippen LogP contribution in [0.5, 0.6) is 0 Å². The van der Waals surface area contributed by atoms with Gasteiger partial charge in [-0.05, 0) is 74.9 Å². The Bertz CT molecular complexity index is 1720. The highest BCUT2D eigenvalue weighted by molar-refractivity contribution is 6.61. The van der Waals surface area contributed by atoms with E-state index >= 15 is 0 Å². The molecule has 3 N–H and O–H groups in total. The highest BCUT2D eigenvalue weighted by atomic mass is 35.5. The number of nitrogens with one attached hydrogen (secondary N) is 1. The molecule has 0 atom stereocenters. The number of carbonyl (C=O) groups excluding carboxylic acids is 4. The first kappa shape index (κ1) is 44.0. The van der Waals surface area contributed by atoms with Crippen molar-refractivity contribution in [2.45, 2.75) is 91.9 Å². The first-order chi connectivity index (χ1) is 25.0. The molecular formula is C42H51ClN2O8. The van der Waals surface area contributed by atoms with E-state index in [0.29, 0.717) is 6.54 Å². The summed E-state index contributed by atoms with van der Waals surface area (Å²) in [6.45, 7) is 12.3. The Morgan fingerprint density at radius 2 is 0.943 bits per heavy atom. The topological polar surface area (TPSA) is 143 Å². The molecule has 0 saturated carbocycles. The van der Waals surface area contributed by atoms with Gasteiger partial charge in [0.15, 0.2) is 0 Å². The van der Waals surface area contributed by atoms with Crippen LogP contribution in [0.15, 0.2) is 109 Å². The Kier molecular flexibility index (Phi) is 18.8. The van der Waals surface area contributed by atoms with Crippen molar-refractivity contribution >= 4 is 35.1 Å². The molecule has 0 aliphatic heterocycles. The number of rotatable bonds is 11. The fourth-order valence-corrected chi connectivity index (χ4v) is 4.61. The Labute approximate surface area is 317 Å². The number of amides is 1. The van der Waals surface area contributed by atoms with Crippen molar-refractivity contribution in [1.82, 2.24) is 5.32 Å². The summed E-state index contributed by atoms with van der Waals surface area (Å²) < 4.78 is 20.4. The number of hydrogen-bond acceptors (Lipinski definition) is 9. The molecule has 0 aliphatic rings. The zero-order valence-corrected chi connectivity index (χ0v) is 32.1. The van der Waals surface area contributed by atoms with E-state index in [0.717, 1.165) is 33.4 Å². The highest BCUT2D eigenvalue weighted by Crippen LogP contribution is 2.15. The number of alkyl carbamates (subject to hydrolysis) is 1. The maximum atomic E-state index is 12.0. The largest absolute Gasteiger partial charge is 0.460 e. The third-order valence-electron chi connectivity index (χ3n) is 6.80. The van der Waals surface area contributed by atoms with Crippen molar-refractivity contribution in [3.8, 4) is 0 Å². The first-order valence-electron chi connectivity index (χ1n) is 17.1. The number of nitrogens with two attached hydrogens (primary N) is 1. The van der Waals surface area contributed by atoms with E-state index in [9.17, 15) is 19.2 Å². The van der Waals surface area contributed by atoms with Crippen LogP contribution in [0.4, 0.5) is 9.59 Å². The molecule has 0 aliphatic carbocycles. The van der Waals surface area contributed by atoms with Crippen LogP contribution in [0, 0.1) is 0 Å². The van der Waals surface area contributed by atoms with Crippen LogP contribution in [-0.4, -0.2) is 34.7 Å². The van der Waals surface area contributed by atoms with Crippen LogP contribution in [0.1, 0.15) is 74.9 Å². The molecule has 1 amide bonds. The van der Waals surface area contributed by atoms with E-state index < -0.39 is 22.7 Å². The normalized spacial score (nSPS) is 10.6. The Hall–Kier alpha value is -5.19. The zero-order valence-electron chi connectivity index (χ0n) is 31.4. The van der Waals surface area contributed by atoms with Crippen LogP contribution < -0.4 is 11.1 Å². The van der Waals surface area contributed by atoms with Crippen molar-refractivity contribution in [3.05, 3.63) is 143 Å². The van der Waals surface area contributed by atoms with Gasteiger partial charge in [-0.15, -0.1) is 0 Å². The number of halogens is 1. The molecule has 0 fully saturated rings. The van der Waals surface area contributed by atoms with E-state index in [1.165, 1.54) is 0 Å². The quantitative estimate of drug-likeness (QED) is 0.0876. The summed E-state index contributed by atoms with van der Waals surface area (Å²) in [6, 6.07) is 34.0. The second kappa shape index (κ2) is 22.7. The van der Waals surface area contributed by atoms with Gasteiger partial charge in [0.2, 0.25) is 0 Å². The lowest BCUT2D eigenvalue weighted by atomic mass is 10.0. The fraction of sp³-hybridized carbons (Fsp3) is 0.333. The molecule has 10 nitrogen and oxygen atoms in total. The zero-order chi connectivity index (χ0) is 39.3. The minimum atomic E-state index is -0.770. The summed E-state index contributed by atoms with van der Waals surface area (Å²) in [6.07, 6.45) is -0.0559. The number of hydrogen-bond donors (Lipinski definition) is 2. The molecule has 0 bridgehead atoms. The number of benzene rings is 4. The smallest absolute Gasteiger partial charge is 0.407 e. The first-order valence-corrected chi connectivity index (χ1v) is 17.5. The summed E-state index contributed by atoms with van der Waals surface area (Å²) in [7, 11) is 0. The molecule has 284 valence electrons. The molecule has 0 radical (unpaired) electrons. The van der Waals surface area contributed by atoms with E-state index in [4.69, 9.17) is 31.5 Å². The summed E-state index contributed by atoms with van der Waals surface area (Å²) >= 11 is 4.97. The minimum absolute atomic E-state index is 0.161. The third-order valence-corrected chi connectivity index (χ3v) is 6.91. The van der Waals surface area contributed by atoms with Crippen molar-refractivity contribution in [1.29, 1.82) is 0 Å². The molecule has 0 spiro atoms. The molecule has 0 unspecified atom stereocenters. The molecule has 11 heteroatoms. The van der Waals surface area contributed by atoms with Gasteiger partial charge in [0.05, 0.1) is 12.8 Å². The summed E-state index contributed by atoms with van der Waals surface area (Å²) in [5, 5.41) is 2.72. The van der Waals surface area contributed by atoms with Gasteiger partial charge >= 0.3 is 23.5 Å². The van der Waals surface area contributed by atoms with Gasteiger partial charge in [-0.25, -0.2) is 9.59 Å². The van der Waals surface area contributed by atoms with Gasteiger partial charge < -0.3 is 30.0 Å². The molecule has 53 heavy (non-hydrogen) atoms. The summed E-state index contributed by atoms with van der Waals surface area (Å²) in [5.74, 6) is -0.509. The Morgan fingerprint density at radius 1 is 0.566 bits per heavy atom. The lowest BCUT2D eigenvalue weighted by Gasteiger charge is -2.20. The number of carbonyl (C=O) groups is 4. The summed E-state index contributed by atoms with van der Waals surface area (Å²) in [4.78, 5) is 45.7. The Morgan fingerprint density at radius 3 is 1.36 bits per heavy atom. The van der Waals surface area contributed by atoms with Gasteiger partial charge in [0.25, 0.3) is 0 Å². The number of esters is 2. The minimum Gasteiger partial charge on any atom is -0.460 e. The SMILES string of the molecule is CC(C)(C)OC(=O)Cc1ccccc1CN.CC(C)(C)OC(=O)Cc1ccccc1CNC(=O)OCc1ccccc1.O=C(Cl)OCc1ccccc1. The third kappa shape index (κ3) is 20.4. The van der Waals surface area contributed by atoms with Crippen molar-refractivity contribution in [2.75, 3.05) is 0 Å². The maximum Gasteiger partial charge on any atom is 0.407 e. The molecule has 0 saturated heterocycles. The highest BCUT2D eigenvalue weighted by Gasteiger charge is 2.18. The van der Waals surface area contributed by atoms with E-state index in [-0.39, 0.29) is 44.5 Å². The van der Waals surface area contributed by atoms with Crippen LogP contribution in [0.2, 0.25) is 0 Å². The van der Waals surface area contributed by atoms with Crippen molar-refractivity contribution in [3.63, 3.8) is 0 Å². The van der Waals surface area contributed by atoms with Gasteiger partial charge in [0.1, 0.15) is 24.4 Å². The lowest BCUT2D eigenvalue weighted by molar-refractivity contribution is -0.155. The fourth-order valence-electron chi connectivity index (χ4n) is 4.55. The van der Waals surface area contributed by atoms with Crippen LogP contribution in [0.3, 0.4) is 0 Å². The Balaban J connectivity index is 0.000000305. The van der Waals surface area contributed by atoms with Crippen LogP contribution >= 0.6 is 11.6 Å². The molecule has 4 rings (SSSR count). The predicted octanol–water partition coefficient (Wildman–Crippen LogP) is 8.59. The molecule has 4 aromatic rings. The lowest BCUT2D eigenvalue weighted by Crippen LogP contribution is -2.26. The maximum absolute atomic E-state index is 12.0. The predicted molar refractivity (Wildman–Crippen MR) is 206 cm³/mol. The van der Waals surface area contributed by atoms with Gasteiger partial charge in [-0.1, -0.05) is 109 Å². The molecular weight excluding hydrogens is 696 g/mol. The van der Waals surface area contributed by atoms with Crippen LogP contribution in [-0.2, 0) is 67.7 Å². The van der Waals surface area contributed by atoms with Gasteiger partial charge in [-0.3, -0.25) is 9.59 Å². The average molecular weight is 747 g/mol. The van der Waals surface area contributed by atoms with E-state index in [1.54, 1.807) is 0 Å². The van der Waals surface area contributed by atoms with Crippen molar-refractivity contribution in [2.24, 2.45) is 5.73 Å². The number of ether oxygens (including phenoxy) is 4. The average Bonchev–Trinajstić information content (AvgIpc) is 3.09. The van der Waals surface area contributed by atoms with E-state index in [2.05, 4.69) is 10.1 Å². The molecule has 4 aromatic carbocycles. The van der Waals surface area contributed by atoms with E-state index in [1.807, 2.05) is 151 Å².